The van der Waals surface area contributed by atoms with Crippen LogP contribution in [0.25, 0.3) is 0 Å². The van der Waals surface area contributed by atoms with E-state index in [4.69, 9.17) is 4.74 Å². The van der Waals surface area contributed by atoms with Crippen LogP contribution in [0.4, 0.5) is 49.5 Å². The fourth-order valence-corrected chi connectivity index (χ4v) is 4.47. The Morgan fingerprint density at radius 2 is 1.70 bits per heavy atom. The van der Waals surface area contributed by atoms with Crippen molar-refractivity contribution in [3.63, 3.8) is 0 Å². The van der Waals surface area contributed by atoms with E-state index in [1.54, 1.807) is 4.90 Å². The molecule has 2 aromatic rings. The average Bonchev–Trinajstić information content (AvgIpc) is 3.10. The number of piperazine rings is 1. The highest BCUT2D eigenvalue weighted by molar-refractivity contribution is 5.76. The van der Waals surface area contributed by atoms with Gasteiger partial charge in [0.1, 0.15) is 11.4 Å². The zero-order chi connectivity index (χ0) is 28.9. The predicted octanol–water partition coefficient (Wildman–Crippen LogP) is 4.06. The molecule has 2 fully saturated rings. The summed E-state index contributed by atoms with van der Waals surface area (Å²) in [5.41, 5.74) is -2.11. The van der Waals surface area contributed by atoms with Crippen LogP contribution in [0, 0.1) is 0 Å². The Bertz CT molecular complexity index is 1170. The van der Waals surface area contributed by atoms with Crippen molar-refractivity contribution in [3.05, 3.63) is 35.5 Å². The number of ether oxygens (including phenoxy) is 1. The summed E-state index contributed by atoms with van der Waals surface area (Å²) in [5, 5.41) is 5.05. The zero-order valence-corrected chi connectivity index (χ0v) is 21.9. The molecule has 220 valence electrons. The lowest BCUT2D eigenvalue weighted by atomic mass is 10.1. The number of anilines is 4. The van der Waals surface area contributed by atoms with Gasteiger partial charge in [-0.3, -0.25) is 4.79 Å². The van der Waals surface area contributed by atoms with Crippen LogP contribution in [0.5, 0.6) is 0 Å². The highest BCUT2D eigenvalue weighted by Crippen LogP contribution is 2.39. The van der Waals surface area contributed by atoms with Gasteiger partial charge < -0.3 is 30.1 Å². The van der Waals surface area contributed by atoms with E-state index in [-0.39, 0.29) is 24.6 Å². The van der Waals surface area contributed by atoms with Crippen molar-refractivity contribution in [2.75, 3.05) is 81.6 Å². The number of carbonyl (C=O) groups is 1. The first-order valence-corrected chi connectivity index (χ1v) is 12.9. The minimum Gasteiger partial charge on any atom is -0.379 e. The SMILES string of the molecule is CN1CCN(c2ccc(Nc3ncc(C(F)(F)F)c(NCCCN4CCOCCC4=O)n3)c(C(F)(F)F)c2)CC1. The molecule has 2 N–H and O–H groups in total. The Morgan fingerprint density at radius 3 is 2.40 bits per heavy atom. The second-order valence-electron chi connectivity index (χ2n) is 9.62. The van der Waals surface area contributed by atoms with Gasteiger partial charge in [-0.25, -0.2) is 4.98 Å². The summed E-state index contributed by atoms with van der Waals surface area (Å²) in [4.78, 5) is 25.1. The predicted molar refractivity (Wildman–Crippen MR) is 137 cm³/mol. The molecule has 1 aromatic heterocycles. The second-order valence-corrected chi connectivity index (χ2v) is 9.62. The highest BCUT2D eigenvalue weighted by atomic mass is 19.4. The van der Waals surface area contributed by atoms with Crippen molar-refractivity contribution in [2.45, 2.75) is 25.2 Å². The zero-order valence-electron chi connectivity index (χ0n) is 21.9. The van der Waals surface area contributed by atoms with Crippen molar-refractivity contribution in [2.24, 2.45) is 0 Å². The van der Waals surface area contributed by atoms with Crippen molar-refractivity contribution >= 4 is 29.0 Å². The Kier molecular flexibility index (Phi) is 9.23. The number of alkyl halides is 6. The molecule has 40 heavy (non-hydrogen) atoms. The molecule has 0 radical (unpaired) electrons. The number of carbonyl (C=O) groups excluding carboxylic acids is 1. The lowest BCUT2D eigenvalue weighted by Gasteiger charge is -2.34. The quantitative estimate of drug-likeness (QED) is 0.360. The number of amides is 1. The van der Waals surface area contributed by atoms with Gasteiger partial charge in [0, 0.05) is 57.7 Å². The van der Waals surface area contributed by atoms with Gasteiger partial charge >= 0.3 is 12.4 Å². The molecule has 2 aliphatic heterocycles. The first-order chi connectivity index (χ1) is 18.9. The van der Waals surface area contributed by atoms with Crippen LogP contribution in [0.3, 0.4) is 0 Å². The Morgan fingerprint density at radius 1 is 0.975 bits per heavy atom. The van der Waals surface area contributed by atoms with Crippen LogP contribution in [-0.2, 0) is 21.9 Å². The lowest BCUT2D eigenvalue weighted by Crippen LogP contribution is -2.44. The first-order valence-electron chi connectivity index (χ1n) is 12.9. The monoisotopic (exact) mass is 575 g/mol. The summed E-state index contributed by atoms with van der Waals surface area (Å²) in [5.74, 6) is -1.09. The molecule has 0 spiro atoms. The van der Waals surface area contributed by atoms with E-state index in [1.165, 1.54) is 12.1 Å². The number of likely N-dealkylation sites (N-methyl/N-ethyl adjacent to an activating group) is 1. The number of rotatable bonds is 8. The summed E-state index contributed by atoms with van der Waals surface area (Å²) in [6.07, 6.45) is -8.43. The van der Waals surface area contributed by atoms with Crippen molar-refractivity contribution in [1.82, 2.24) is 19.8 Å². The third kappa shape index (κ3) is 7.65. The maximum absolute atomic E-state index is 14.0. The molecule has 0 aliphatic carbocycles. The third-order valence-electron chi connectivity index (χ3n) is 6.73. The third-order valence-corrected chi connectivity index (χ3v) is 6.73. The first kappa shape index (κ1) is 29.6. The summed E-state index contributed by atoms with van der Waals surface area (Å²) < 4.78 is 88.0. The molecule has 4 rings (SSSR count). The molecule has 0 atom stereocenters. The molecule has 0 bridgehead atoms. The summed E-state index contributed by atoms with van der Waals surface area (Å²) in [6, 6.07) is 3.78. The molecule has 1 amide bonds. The molecule has 0 saturated carbocycles. The average molecular weight is 576 g/mol. The van der Waals surface area contributed by atoms with Crippen LogP contribution < -0.4 is 15.5 Å². The molecule has 3 heterocycles. The van der Waals surface area contributed by atoms with Crippen molar-refractivity contribution < 1.29 is 35.9 Å². The highest BCUT2D eigenvalue weighted by Gasteiger charge is 2.37. The maximum Gasteiger partial charge on any atom is 0.421 e. The van der Waals surface area contributed by atoms with E-state index in [0.717, 1.165) is 6.07 Å². The number of halogens is 6. The molecule has 9 nitrogen and oxygen atoms in total. The largest absolute Gasteiger partial charge is 0.421 e. The molecule has 1 aromatic carbocycles. The summed E-state index contributed by atoms with van der Waals surface area (Å²) in [7, 11) is 1.94. The van der Waals surface area contributed by atoms with Crippen LogP contribution in [0.1, 0.15) is 24.0 Å². The van der Waals surface area contributed by atoms with Crippen molar-refractivity contribution in [1.29, 1.82) is 0 Å². The second kappa shape index (κ2) is 12.5. The van der Waals surface area contributed by atoms with Gasteiger partial charge in [-0.1, -0.05) is 0 Å². The van der Waals surface area contributed by atoms with Gasteiger partial charge in [0.15, 0.2) is 0 Å². The van der Waals surface area contributed by atoms with Gasteiger partial charge in [0.2, 0.25) is 11.9 Å². The summed E-state index contributed by atoms with van der Waals surface area (Å²) in [6.45, 7) is 4.00. The van der Waals surface area contributed by atoms with Crippen LogP contribution in [0.2, 0.25) is 0 Å². The number of benzene rings is 1. The number of hydrogen-bond donors (Lipinski definition) is 2. The van der Waals surface area contributed by atoms with Gasteiger partial charge in [0.25, 0.3) is 0 Å². The van der Waals surface area contributed by atoms with Gasteiger partial charge in [-0.15, -0.1) is 0 Å². The minimum absolute atomic E-state index is 0.0394. The minimum atomic E-state index is -4.79. The smallest absolute Gasteiger partial charge is 0.379 e. The van der Waals surface area contributed by atoms with E-state index < -0.39 is 35.2 Å². The van der Waals surface area contributed by atoms with Gasteiger partial charge in [0.05, 0.1) is 30.9 Å². The lowest BCUT2D eigenvalue weighted by molar-refractivity contribution is -0.137. The van der Waals surface area contributed by atoms with E-state index in [2.05, 4.69) is 25.5 Å². The molecule has 2 aliphatic rings. The summed E-state index contributed by atoms with van der Waals surface area (Å²) >= 11 is 0. The molecule has 2 saturated heterocycles. The Labute approximate surface area is 227 Å². The van der Waals surface area contributed by atoms with E-state index >= 15 is 0 Å². The number of nitrogens with one attached hydrogen (secondary N) is 2. The molecule has 15 heteroatoms. The number of hydrogen-bond acceptors (Lipinski definition) is 8. The van der Waals surface area contributed by atoms with Crippen LogP contribution >= 0.6 is 0 Å². The van der Waals surface area contributed by atoms with E-state index in [0.29, 0.717) is 70.8 Å². The van der Waals surface area contributed by atoms with E-state index in [9.17, 15) is 31.1 Å². The van der Waals surface area contributed by atoms with Crippen LogP contribution in [-0.4, -0.2) is 91.7 Å². The Balaban J connectivity index is 1.50. The molecule has 0 unspecified atom stereocenters. The Hall–Kier alpha value is -3.33. The van der Waals surface area contributed by atoms with Crippen molar-refractivity contribution in [3.8, 4) is 0 Å². The number of nitrogens with zero attached hydrogens (tertiary/aromatic N) is 5. The fraction of sp³-hybridized carbons (Fsp3) is 0.560. The number of aromatic nitrogens is 2. The molecular formula is C25H31F6N7O2. The van der Waals surface area contributed by atoms with Gasteiger partial charge in [-0.2, -0.15) is 31.3 Å². The molecular weight excluding hydrogens is 544 g/mol. The maximum atomic E-state index is 14.0. The van der Waals surface area contributed by atoms with Gasteiger partial charge in [-0.05, 0) is 31.7 Å². The normalized spacial score (nSPS) is 17.6. The standard InChI is InChI=1S/C25H31F6N7O2/c1-36-8-10-37(11-9-36)17-3-4-20(18(15-17)24(26,27)28)34-23-33-16-19(25(29,30)31)22(35-23)32-6-2-7-38-12-14-40-13-5-21(38)39/h3-4,15-16H,2,5-14H2,1H3,(H2,32,33,34,35). The van der Waals surface area contributed by atoms with Crippen LogP contribution in [0.15, 0.2) is 24.4 Å². The fourth-order valence-electron chi connectivity index (χ4n) is 4.47. The topological polar surface area (TPSA) is 85.9 Å². The van der Waals surface area contributed by atoms with E-state index in [1.807, 2.05) is 11.9 Å².